The van der Waals surface area contributed by atoms with E-state index in [0.717, 1.165) is 37.0 Å². The molecule has 5 nitrogen and oxygen atoms in total. The molecule has 0 aliphatic heterocycles. The quantitative estimate of drug-likeness (QED) is 0.418. The first-order chi connectivity index (χ1) is 10.7. The molecule has 5 heteroatoms. The molecule has 0 aliphatic rings. The Morgan fingerprint density at radius 2 is 2.14 bits per heavy atom. The summed E-state index contributed by atoms with van der Waals surface area (Å²) in [6, 6.07) is 3.91. The maximum atomic E-state index is 5.41. The molecule has 0 radical (unpaired) electrons. The summed E-state index contributed by atoms with van der Waals surface area (Å²) in [4.78, 5) is 8.78. The van der Waals surface area contributed by atoms with Crippen LogP contribution in [0.25, 0.3) is 0 Å². The van der Waals surface area contributed by atoms with Gasteiger partial charge in [0.05, 0.1) is 13.2 Å². The first kappa shape index (κ1) is 18.3. The fourth-order valence-corrected chi connectivity index (χ4v) is 2.00. The van der Waals surface area contributed by atoms with Gasteiger partial charge in [0.2, 0.25) is 5.88 Å². The van der Waals surface area contributed by atoms with Crippen LogP contribution in [-0.4, -0.2) is 30.6 Å². The Morgan fingerprint density at radius 1 is 1.32 bits per heavy atom. The first-order valence-corrected chi connectivity index (χ1v) is 8.25. The number of ether oxygens (including phenoxy) is 1. The highest BCUT2D eigenvalue weighted by molar-refractivity contribution is 5.79. The minimum Gasteiger partial charge on any atom is -0.478 e. The molecule has 2 N–H and O–H groups in total. The Balaban J connectivity index is 2.51. The van der Waals surface area contributed by atoms with Gasteiger partial charge in [0.1, 0.15) is 0 Å². The summed E-state index contributed by atoms with van der Waals surface area (Å²) in [5.41, 5.74) is 1.10. The van der Waals surface area contributed by atoms with E-state index in [2.05, 4.69) is 41.4 Å². The van der Waals surface area contributed by atoms with Crippen LogP contribution < -0.4 is 15.4 Å². The van der Waals surface area contributed by atoms with Crippen molar-refractivity contribution in [3.63, 3.8) is 0 Å². The Bertz CT molecular complexity index is 446. The summed E-state index contributed by atoms with van der Waals surface area (Å²) < 4.78 is 5.41. The number of hydrogen-bond acceptors (Lipinski definition) is 3. The summed E-state index contributed by atoms with van der Waals surface area (Å²) in [5.74, 6) is 2.27. The zero-order valence-electron chi connectivity index (χ0n) is 14.4. The van der Waals surface area contributed by atoms with Gasteiger partial charge in [-0.05, 0) is 44.2 Å². The Kier molecular flexibility index (Phi) is 9.03. The molecule has 1 aromatic heterocycles. The molecule has 0 fully saturated rings. The average molecular weight is 306 g/mol. The lowest BCUT2D eigenvalue weighted by Gasteiger charge is -2.12. The highest BCUT2D eigenvalue weighted by atomic mass is 16.5. The highest BCUT2D eigenvalue weighted by Crippen LogP contribution is 2.10. The average Bonchev–Trinajstić information content (AvgIpc) is 2.49. The molecule has 0 saturated carbocycles. The summed E-state index contributed by atoms with van der Waals surface area (Å²) >= 11 is 0. The summed E-state index contributed by atoms with van der Waals surface area (Å²) in [7, 11) is 0. The topological polar surface area (TPSA) is 58.5 Å². The minimum absolute atomic E-state index is 0.613. The van der Waals surface area contributed by atoms with Crippen LogP contribution in [0.5, 0.6) is 5.88 Å². The SMILES string of the molecule is CCNC(=NCc1ccnc(OCC)c1)NCCCC(C)C. The fourth-order valence-electron chi connectivity index (χ4n) is 2.00. The monoisotopic (exact) mass is 306 g/mol. The summed E-state index contributed by atoms with van der Waals surface area (Å²) in [6.07, 6.45) is 4.15. The molecule has 0 amide bonds. The van der Waals surface area contributed by atoms with Crippen LogP contribution in [0.1, 0.15) is 46.1 Å². The van der Waals surface area contributed by atoms with Crippen molar-refractivity contribution < 1.29 is 4.74 Å². The summed E-state index contributed by atoms with van der Waals surface area (Å²) in [5, 5.41) is 6.65. The van der Waals surface area contributed by atoms with Gasteiger partial charge in [-0.1, -0.05) is 13.8 Å². The number of guanidine groups is 1. The number of pyridine rings is 1. The van der Waals surface area contributed by atoms with Crippen molar-refractivity contribution in [3.8, 4) is 5.88 Å². The van der Waals surface area contributed by atoms with E-state index in [1.54, 1.807) is 6.20 Å². The Labute approximate surface area is 134 Å². The molecule has 0 saturated heterocycles. The molecule has 0 unspecified atom stereocenters. The Hall–Kier alpha value is -1.78. The molecule has 0 bridgehead atoms. The maximum absolute atomic E-state index is 5.41. The van der Waals surface area contributed by atoms with Crippen LogP contribution in [-0.2, 0) is 6.54 Å². The van der Waals surface area contributed by atoms with E-state index in [0.29, 0.717) is 19.0 Å². The van der Waals surface area contributed by atoms with E-state index >= 15 is 0 Å². The van der Waals surface area contributed by atoms with Crippen LogP contribution in [0.15, 0.2) is 23.3 Å². The van der Waals surface area contributed by atoms with Gasteiger partial charge in [-0.3, -0.25) is 0 Å². The summed E-state index contributed by atoms with van der Waals surface area (Å²) in [6.45, 7) is 11.6. The van der Waals surface area contributed by atoms with Gasteiger partial charge < -0.3 is 15.4 Å². The Morgan fingerprint density at radius 3 is 2.82 bits per heavy atom. The van der Waals surface area contributed by atoms with Crippen molar-refractivity contribution in [2.45, 2.75) is 47.1 Å². The number of nitrogens with one attached hydrogen (secondary N) is 2. The van der Waals surface area contributed by atoms with E-state index in [4.69, 9.17) is 4.74 Å². The van der Waals surface area contributed by atoms with Crippen LogP contribution in [0.4, 0.5) is 0 Å². The largest absolute Gasteiger partial charge is 0.478 e. The number of aliphatic imine (C=N–C) groups is 1. The molecular weight excluding hydrogens is 276 g/mol. The van der Waals surface area contributed by atoms with E-state index in [-0.39, 0.29) is 0 Å². The van der Waals surface area contributed by atoms with E-state index in [1.807, 2.05) is 19.1 Å². The van der Waals surface area contributed by atoms with Gasteiger partial charge >= 0.3 is 0 Å². The van der Waals surface area contributed by atoms with Gasteiger partial charge in [-0.2, -0.15) is 0 Å². The van der Waals surface area contributed by atoms with Crippen LogP contribution in [0.3, 0.4) is 0 Å². The third kappa shape index (κ3) is 7.86. The molecule has 1 aromatic rings. The van der Waals surface area contributed by atoms with Crippen molar-refractivity contribution in [2.75, 3.05) is 19.7 Å². The second-order valence-electron chi connectivity index (χ2n) is 5.59. The lowest BCUT2D eigenvalue weighted by Crippen LogP contribution is -2.37. The van der Waals surface area contributed by atoms with E-state index in [1.165, 1.54) is 6.42 Å². The predicted molar refractivity (Wildman–Crippen MR) is 92.3 cm³/mol. The molecule has 0 aromatic carbocycles. The van der Waals surface area contributed by atoms with Crippen molar-refractivity contribution in [1.82, 2.24) is 15.6 Å². The maximum Gasteiger partial charge on any atom is 0.213 e. The predicted octanol–water partition coefficient (Wildman–Crippen LogP) is 2.97. The lowest BCUT2D eigenvalue weighted by atomic mass is 10.1. The number of aromatic nitrogens is 1. The third-order valence-electron chi connectivity index (χ3n) is 3.11. The van der Waals surface area contributed by atoms with E-state index < -0.39 is 0 Å². The van der Waals surface area contributed by atoms with Gasteiger partial charge in [0.15, 0.2) is 5.96 Å². The van der Waals surface area contributed by atoms with Crippen LogP contribution >= 0.6 is 0 Å². The fraction of sp³-hybridized carbons (Fsp3) is 0.647. The molecule has 22 heavy (non-hydrogen) atoms. The smallest absolute Gasteiger partial charge is 0.213 e. The molecular formula is C17H30N4O. The van der Waals surface area contributed by atoms with Gasteiger partial charge in [0, 0.05) is 25.4 Å². The van der Waals surface area contributed by atoms with E-state index in [9.17, 15) is 0 Å². The highest BCUT2D eigenvalue weighted by Gasteiger charge is 2.00. The normalized spacial score (nSPS) is 11.6. The van der Waals surface area contributed by atoms with Crippen molar-refractivity contribution in [3.05, 3.63) is 23.9 Å². The molecule has 1 heterocycles. The third-order valence-corrected chi connectivity index (χ3v) is 3.11. The number of rotatable bonds is 9. The number of nitrogens with zero attached hydrogens (tertiary/aromatic N) is 2. The van der Waals surface area contributed by atoms with Crippen molar-refractivity contribution >= 4 is 5.96 Å². The number of hydrogen-bond donors (Lipinski definition) is 2. The molecule has 124 valence electrons. The van der Waals surface area contributed by atoms with Crippen molar-refractivity contribution in [2.24, 2.45) is 10.9 Å². The minimum atomic E-state index is 0.613. The second-order valence-corrected chi connectivity index (χ2v) is 5.59. The van der Waals surface area contributed by atoms with Crippen LogP contribution in [0.2, 0.25) is 0 Å². The van der Waals surface area contributed by atoms with Gasteiger partial charge in [-0.15, -0.1) is 0 Å². The van der Waals surface area contributed by atoms with Gasteiger partial charge in [0.25, 0.3) is 0 Å². The van der Waals surface area contributed by atoms with Crippen molar-refractivity contribution in [1.29, 1.82) is 0 Å². The van der Waals surface area contributed by atoms with Gasteiger partial charge in [-0.25, -0.2) is 9.98 Å². The zero-order chi connectivity index (χ0) is 16.2. The first-order valence-electron chi connectivity index (χ1n) is 8.25. The zero-order valence-corrected chi connectivity index (χ0v) is 14.4. The molecule has 1 rings (SSSR count). The second kappa shape index (κ2) is 10.9. The lowest BCUT2D eigenvalue weighted by molar-refractivity contribution is 0.326. The molecule has 0 aliphatic carbocycles. The molecule has 0 spiro atoms. The molecule has 0 atom stereocenters. The standard InChI is InChI=1S/C17H30N4O/c1-5-18-17(20-10-7-8-14(3)4)21-13-15-9-11-19-16(12-15)22-6-2/h9,11-12,14H,5-8,10,13H2,1-4H3,(H2,18,20,21). The van der Waals surface area contributed by atoms with Crippen LogP contribution in [0, 0.1) is 5.92 Å².